The summed E-state index contributed by atoms with van der Waals surface area (Å²) in [7, 11) is 0. The molecule has 0 unspecified atom stereocenters. The van der Waals surface area contributed by atoms with Gasteiger partial charge in [0.2, 0.25) is 0 Å². The monoisotopic (exact) mass is 146 g/mol. The second kappa shape index (κ2) is 2.29. The SMILES string of the molecule is O=C1CCC2=NC=C=CN=C12. The van der Waals surface area contributed by atoms with E-state index in [-0.39, 0.29) is 5.78 Å². The lowest BCUT2D eigenvalue weighted by Gasteiger charge is -1.89. The van der Waals surface area contributed by atoms with Gasteiger partial charge in [-0.15, -0.1) is 0 Å². The molecule has 3 heteroatoms. The Hall–Kier alpha value is -1.47. The van der Waals surface area contributed by atoms with Gasteiger partial charge < -0.3 is 0 Å². The van der Waals surface area contributed by atoms with Gasteiger partial charge in [0.1, 0.15) is 5.71 Å². The highest BCUT2D eigenvalue weighted by Crippen LogP contribution is 2.11. The molecule has 0 radical (unpaired) electrons. The maximum atomic E-state index is 11.1. The van der Waals surface area contributed by atoms with Gasteiger partial charge in [-0.25, -0.2) is 4.99 Å². The number of rotatable bonds is 0. The van der Waals surface area contributed by atoms with Gasteiger partial charge in [-0.1, -0.05) is 5.73 Å². The van der Waals surface area contributed by atoms with Crippen LogP contribution in [-0.4, -0.2) is 17.2 Å². The second-order valence-electron chi connectivity index (χ2n) is 2.40. The minimum absolute atomic E-state index is 0.0945. The molecule has 11 heavy (non-hydrogen) atoms. The Morgan fingerprint density at radius 2 is 2.09 bits per heavy atom. The smallest absolute Gasteiger partial charge is 0.183 e. The van der Waals surface area contributed by atoms with E-state index in [0.717, 1.165) is 12.1 Å². The van der Waals surface area contributed by atoms with Crippen LogP contribution in [0.2, 0.25) is 0 Å². The second-order valence-corrected chi connectivity index (χ2v) is 2.40. The first-order valence-electron chi connectivity index (χ1n) is 3.45. The molecule has 3 nitrogen and oxygen atoms in total. The Labute approximate surface area is 63.9 Å². The predicted molar refractivity (Wildman–Crippen MR) is 41.8 cm³/mol. The fourth-order valence-electron chi connectivity index (χ4n) is 1.15. The van der Waals surface area contributed by atoms with E-state index in [4.69, 9.17) is 0 Å². The Balaban J connectivity index is 2.51. The van der Waals surface area contributed by atoms with Crippen LogP contribution in [0.5, 0.6) is 0 Å². The molecule has 0 amide bonds. The number of Topliss-reactive ketones (excluding diaryl/α,β-unsaturated/α-hetero) is 1. The lowest BCUT2D eigenvalue weighted by molar-refractivity contribution is -0.112. The number of fused-ring (bicyclic) bond motifs is 1. The van der Waals surface area contributed by atoms with Crippen molar-refractivity contribution in [1.82, 2.24) is 0 Å². The van der Waals surface area contributed by atoms with Crippen molar-refractivity contribution in [3.8, 4) is 0 Å². The van der Waals surface area contributed by atoms with Crippen LogP contribution < -0.4 is 0 Å². The number of ketones is 1. The fraction of sp³-hybridized carbons (Fsp3) is 0.250. The van der Waals surface area contributed by atoms with Crippen LogP contribution in [0.15, 0.2) is 28.1 Å². The molecule has 1 aliphatic carbocycles. The molecule has 0 aromatic rings. The number of hydrogen-bond acceptors (Lipinski definition) is 3. The molecule has 1 fully saturated rings. The number of carbonyl (C=O) groups is 1. The number of hydrogen-bond donors (Lipinski definition) is 0. The van der Waals surface area contributed by atoms with Crippen LogP contribution in [0.25, 0.3) is 0 Å². The van der Waals surface area contributed by atoms with Crippen LogP contribution in [0.4, 0.5) is 0 Å². The van der Waals surface area contributed by atoms with Crippen molar-refractivity contribution in [2.24, 2.45) is 9.98 Å². The molecule has 0 N–H and O–H groups in total. The summed E-state index contributed by atoms with van der Waals surface area (Å²) in [4.78, 5) is 19.1. The average Bonchev–Trinajstić information content (AvgIpc) is 2.25. The van der Waals surface area contributed by atoms with E-state index >= 15 is 0 Å². The molecule has 0 aromatic carbocycles. The number of nitrogens with zero attached hydrogens (tertiary/aromatic N) is 2. The van der Waals surface area contributed by atoms with E-state index in [9.17, 15) is 4.79 Å². The zero-order valence-electron chi connectivity index (χ0n) is 5.87. The molecule has 1 heterocycles. The molecule has 1 saturated carbocycles. The molecular weight excluding hydrogens is 140 g/mol. The van der Waals surface area contributed by atoms with E-state index < -0.39 is 0 Å². The van der Waals surface area contributed by atoms with Crippen LogP contribution in [0, 0.1) is 0 Å². The molecule has 54 valence electrons. The van der Waals surface area contributed by atoms with Crippen molar-refractivity contribution in [2.75, 3.05) is 0 Å². The summed E-state index contributed by atoms with van der Waals surface area (Å²) in [5.41, 5.74) is 4.04. The minimum atomic E-state index is 0.0945. The lowest BCUT2D eigenvalue weighted by atomic mass is 10.3. The summed E-state index contributed by atoms with van der Waals surface area (Å²) in [6.45, 7) is 0. The molecular formula is C8H6N2O. The summed E-state index contributed by atoms with van der Waals surface area (Å²) in [5.74, 6) is 0.0945. The number of carbonyl (C=O) groups excluding carboxylic acids is 1. The molecule has 0 saturated heterocycles. The van der Waals surface area contributed by atoms with Crippen molar-refractivity contribution < 1.29 is 4.79 Å². The first-order chi connectivity index (χ1) is 5.38. The third-order valence-electron chi connectivity index (χ3n) is 1.69. The van der Waals surface area contributed by atoms with Gasteiger partial charge >= 0.3 is 0 Å². The topological polar surface area (TPSA) is 41.8 Å². The van der Waals surface area contributed by atoms with Crippen molar-refractivity contribution in [1.29, 1.82) is 0 Å². The Bertz CT molecular complexity index is 330. The van der Waals surface area contributed by atoms with Crippen LogP contribution >= 0.6 is 0 Å². The van der Waals surface area contributed by atoms with Crippen molar-refractivity contribution in [2.45, 2.75) is 12.8 Å². The van der Waals surface area contributed by atoms with Gasteiger partial charge in [0.05, 0.1) is 18.1 Å². The highest BCUT2D eigenvalue weighted by molar-refractivity contribution is 6.70. The van der Waals surface area contributed by atoms with Gasteiger partial charge in [-0.2, -0.15) is 0 Å². The van der Waals surface area contributed by atoms with Crippen LogP contribution in [0.3, 0.4) is 0 Å². The Morgan fingerprint density at radius 3 is 3.00 bits per heavy atom. The summed E-state index contributed by atoms with van der Waals surface area (Å²) in [5, 5.41) is 0. The van der Waals surface area contributed by atoms with E-state index in [1.165, 1.54) is 6.20 Å². The number of aliphatic imine (C=N–C) groups is 2. The minimum Gasteiger partial charge on any atom is -0.292 e. The lowest BCUT2D eigenvalue weighted by Crippen LogP contribution is -2.12. The van der Waals surface area contributed by atoms with Gasteiger partial charge in [-0.05, 0) is 6.42 Å². The first-order valence-corrected chi connectivity index (χ1v) is 3.45. The largest absolute Gasteiger partial charge is 0.292 e. The highest BCUT2D eigenvalue weighted by atomic mass is 16.1. The zero-order chi connectivity index (χ0) is 7.68. The van der Waals surface area contributed by atoms with Crippen molar-refractivity contribution in [3.05, 3.63) is 18.1 Å². The fourth-order valence-corrected chi connectivity index (χ4v) is 1.15. The summed E-state index contributed by atoms with van der Waals surface area (Å²) in [6.07, 6.45) is 4.31. The molecule has 1 aliphatic heterocycles. The maximum Gasteiger partial charge on any atom is 0.183 e. The van der Waals surface area contributed by atoms with Gasteiger partial charge in [0.25, 0.3) is 0 Å². The first kappa shape index (κ1) is 6.25. The van der Waals surface area contributed by atoms with E-state index in [2.05, 4.69) is 15.7 Å². The zero-order valence-corrected chi connectivity index (χ0v) is 5.87. The summed E-state index contributed by atoms with van der Waals surface area (Å²) in [6, 6.07) is 0. The predicted octanol–water partition coefficient (Wildman–Crippen LogP) is 0.871. The quantitative estimate of drug-likeness (QED) is 0.467. The van der Waals surface area contributed by atoms with E-state index in [0.29, 0.717) is 12.1 Å². The molecule has 0 aromatic heterocycles. The standard InChI is InChI=1S/C8H6N2O/c11-7-3-2-6-8(7)10-5-1-4-9-6/h4-5H,2-3H2. The third-order valence-corrected chi connectivity index (χ3v) is 1.69. The van der Waals surface area contributed by atoms with Gasteiger partial charge in [-0.3, -0.25) is 9.79 Å². The maximum absolute atomic E-state index is 11.1. The average molecular weight is 146 g/mol. The third kappa shape index (κ3) is 0.954. The normalized spacial score (nSPS) is 20.9. The van der Waals surface area contributed by atoms with Gasteiger partial charge in [0, 0.05) is 6.42 Å². The Morgan fingerprint density at radius 1 is 1.27 bits per heavy atom. The molecule has 0 atom stereocenters. The molecule has 2 rings (SSSR count). The van der Waals surface area contributed by atoms with Gasteiger partial charge in [0.15, 0.2) is 5.78 Å². The summed E-state index contributed by atoms with van der Waals surface area (Å²) >= 11 is 0. The van der Waals surface area contributed by atoms with Crippen LogP contribution in [0.1, 0.15) is 12.8 Å². The Kier molecular flexibility index (Phi) is 1.30. The summed E-state index contributed by atoms with van der Waals surface area (Å²) < 4.78 is 0. The van der Waals surface area contributed by atoms with E-state index in [1.54, 1.807) is 6.20 Å². The van der Waals surface area contributed by atoms with Crippen molar-refractivity contribution >= 4 is 17.2 Å². The van der Waals surface area contributed by atoms with Crippen LogP contribution in [-0.2, 0) is 4.79 Å². The molecule has 0 spiro atoms. The molecule has 2 aliphatic rings. The highest BCUT2D eigenvalue weighted by Gasteiger charge is 2.25. The molecule has 0 bridgehead atoms. The van der Waals surface area contributed by atoms with E-state index in [1.807, 2.05) is 0 Å². The van der Waals surface area contributed by atoms with Crippen molar-refractivity contribution in [3.63, 3.8) is 0 Å².